The summed E-state index contributed by atoms with van der Waals surface area (Å²) in [5.41, 5.74) is 0.00837. The zero-order chi connectivity index (χ0) is 23.9. The summed E-state index contributed by atoms with van der Waals surface area (Å²) in [6, 6.07) is 2.45. The monoisotopic (exact) mass is 491 g/mol. The molecule has 1 aliphatic rings. The van der Waals surface area contributed by atoms with Crippen LogP contribution in [0.25, 0.3) is 5.65 Å². The van der Waals surface area contributed by atoms with Crippen LogP contribution in [0, 0.1) is 0 Å². The van der Waals surface area contributed by atoms with Gasteiger partial charge in [-0.25, -0.2) is 19.6 Å². The van der Waals surface area contributed by atoms with Gasteiger partial charge in [0.25, 0.3) is 5.91 Å². The number of halogens is 1. The molecular weight excluding hydrogens is 470 g/mol. The second-order valence-electron chi connectivity index (χ2n) is 8.67. The number of carboxylic acid groups (broad SMARTS) is 1. The molecule has 2 amide bonds. The second-order valence-corrected chi connectivity index (χ2v) is 9.99. The first-order valence-corrected chi connectivity index (χ1v) is 11.4. The number of amides is 2. The number of hydrogen-bond donors (Lipinski definition) is 2. The predicted octanol–water partition coefficient (Wildman–Crippen LogP) is 3.62. The van der Waals surface area contributed by atoms with Crippen LogP contribution in [0.3, 0.4) is 0 Å². The molecule has 12 heteroatoms. The van der Waals surface area contributed by atoms with Crippen LogP contribution in [0.5, 0.6) is 0 Å². The summed E-state index contributed by atoms with van der Waals surface area (Å²) in [5, 5.41) is 14.4. The maximum Gasteiger partial charge on any atom is 0.407 e. The number of pyridine rings is 1. The third-order valence-electron chi connectivity index (χ3n) is 4.94. The Morgan fingerprint density at radius 3 is 2.64 bits per heavy atom. The Morgan fingerprint density at radius 1 is 1.21 bits per heavy atom. The molecule has 3 aromatic rings. The van der Waals surface area contributed by atoms with Crippen molar-refractivity contribution >= 4 is 46.6 Å². The Labute approximate surface area is 198 Å². The fourth-order valence-electron chi connectivity index (χ4n) is 3.63. The lowest BCUT2D eigenvalue weighted by Crippen LogP contribution is -2.41. The van der Waals surface area contributed by atoms with Crippen molar-refractivity contribution in [3.63, 3.8) is 0 Å². The summed E-state index contributed by atoms with van der Waals surface area (Å²) < 4.78 is 6.99. The average molecular weight is 492 g/mol. The fraction of sp³-hybridized carbons (Fsp3) is 0.381. The Balaban J connectivity index is 1.61. The van der Waals surface area contributed by atoms with Gasteiger partial charge in [-0.15, -0.1) is 11.3 Å². The van der Waals surface area contributed by atoms with Crippen LogP contribution in [-0.2, 0) is 4.74 Å². The fourth-order valence-corrected chi connectivity index (χ4v) is 4.71. The van der Waals surface area contributed by atoms with Gasteiger partial charge in [0.1, 0.15) is 21.9 Å². The molecule has 0 unspecified atom stereocenters. The number of fused-ring (bicyclic) bond motifs is 1. The zero-order valence-electron chi connectivity index (χ0n) is 18.1. The van der Waals surface area contributed by atoms with Crippen molar-refractivity contribution < 1.29 is 24.2 Å². The molecule has 4 heterocycles. The molecule has 0 aliphatic carbocycles. The number of thiazole rings is 1. The van der Waals surface area contributed by atoms with E-state index >= 15 is 0 Å². The number of carbonyl (C=O) groups excluding carboxylic acids is 2. The number of alkyl carbamates (subject to hydrolysis) is 1. The molecular formula is C21H22ClN5O5S. The van der Waals surface area contributed by atoms with Crippen LogP contribution in [-0.4, -0.2) is 60.5 Å². The minimum Gasteiger partial charge on any atom is -0.476 e. The first-order chi connectivity index (χ1) is 15.5. The molecule has 10 nitrogen and oxygen atoms in total. The lowest BCUT2D eigenvalue weighted by molar-refractivity contribution is 0.0501. The van der Waals surface area contributed by atoms with E-state index in [9.17, 15) is 19.5 Å². The van der Waals surface area contributed by atoms with Crippen molar-refractivity contribution in [2.45, 2.75) is 44.9 Å². The quantitative estimate of drug-likeness (QED) is 0.570. The molecule has 4 rings (SSSR count). The van der Waals surface area contributed by atoms with E-state index in [1.165, 1.54) is 5.38 Å². The Hall–Kier alpha value is -3.18. The number of carbonyl (C=O) groups is 3. The number of likely N-dealkylation sites (tertiary alicyclic amines) is 1. The number of nitrogens with one attached hydrogen (secondary N) is 1. The molecule has 1 saturated heterocycles. The highest BCUT2D eigenvalue weighted by Crippen LogP contribution is 2.35. The third kappa shape index (κ3) is 5.09. The van der Waals surface area contributed by atoms with Crippen molar-refractivity contribution in [1.29, 1.82) is 0 Å². The summed E-state index contributed by atoms with van der Waals surface area (Å²) in [6.07, 6.45) is 3.00. The minimum absolute atomic E-state index is 0.0895. The predicted molar refractivity (Wildman–Crippen MR) is 121 cm³/mol. The van der Waals surface area contributed by atoms with E-state index in [-0.39, 0.29) is 23.8 Å². The van der Waals surface area contributed by atoms with Crippen molar-refractivity contribution in [2.24, 2.45) is 0 Å². The summed E-state index contributed by atoms with van der Waals surface area (Å²) in [6.45, 7) is 5.48. The number of aromatic carboxylic acids is 1. The summed E-state index contributed by atoms with van der Waals surface area (Å²) in [4.78, 5) is 47.1. The van der Waals surface area contributed by atoms with Gasteiger partial charge in [0.2, 0.25) is 0 Å². The molecule has 174 valence electrons. The largest absolute Gasteiger partial charge is 0.476 e. The van der Waals surface area contributed by atoms with Crippen LogP contribution >= 0.6 is 22.9 Å². The number of hydrogen-bond acceptors (Lipinski definition) is 7. The summed E-state index contributed by atoms with van der Waals surface area (Å²) >= 11 is 7.18. The van der Waals surface area contributed by atoms with Crippen molar-refractivity contribution in [1.82, 2.24) is 24.6 Å². The lowest BCUT2D eigenvalue weighted by atomic mass is 10.1. The number of imidazole rings is 1. The van der Waals surface area contributed by atoms with Crippen LogP contribution in [0.2, 0.25) is 5.02 Å². The van der Waals surface area contributed by atoms with E-state index < -0.39 is 29.7 Å². The maximum atomic E-state index is 13.4. The van der Waals surface area contributed by atoms with Gasteiger partial charge in [-0.1, -0.05) is 11.6 Å². The summed E-state index contributed by atoms with van der Waals surface area (Å²) in [7, 11) is 0. The first-order valence-electron chi connectivity index (χ1n) is 10.1. The molecule has 2 atom stereocenters. The van der Waals surface area contributed by atoms with Crippen LogP contribution in [0.1, 0.15) is 59.2 Å². The van der Waals surface area contributed by atoms with Crippen molar-refractivity contribution in [2.75, 3.05) is 6.54 Å². The van der Waals surface area contributed by atoms with E-state index in [1.54, 1.807) is 54.6 Å². The van der Waals surface area contributed by atoms with E-state index in [0.29, 0.717) is 22.1 Å². The minimum atomic E-state index is -1.14. The maximum absolute atomic E-state index is 13.4. The highest BCUT2D eigenvalue weighted by Gasteiger charge is 2.40. The van der Waals surface area contributed by atoms with Crippen LogP contribution < -0.4 is 5.32 Å². The highest BCUT2D eigenvalue weighted by molar-refractivity contribution is 7.09. The lowest BCUT2D eigenvalue weighted by Gasteiger charge is -2.22. The standard InChI is InChI=1S/C21H22ClN5O5S/c1-21(2,3)32-20(31)23-12-6-15(17-25-14(10-33-17)19(29)30)27(8-12)18(28)13-9-26-7-11(22)4-5-16(26)24-13/h4-5,7,9-10,12,15H,6,8H2,1-3H3,(H,23,31)(H,29,30)/t12-,15-/m1/s1. The van der Waals surface area contributed by atoms with E-state index in [0.717, 1.165) is 11.3 Å². The first kappa shape index (κ1) is 23.0. The van der Waals surface area contributed by atoms with Crippen molar-refractivity contribution in [3.05, 3.63) is 51.3 Å². The Kier molecular flexibility index (Phi) is 6.02. The SMILES string of the molecule is CC(C)(C)OC(=O)N[C@@H]1C[C@H](c2nc(C(=O)O)cs2)N(C(=O)c2cn3cc(Cl)ccc3n2)C1. The number of carboxylic acids is 1. The van der Waals surface area contributed by atoms with Gasteiger partial charge in [-0.3, -0.25) is 4.79 Å². The van der Waals surface area contributed by atoms with Crippen LogP contribution in [0.15, 0.2) is 29.9 Å². The molecule has 0 aromatic carbocycles. The van der Waals surface area contributed by atoms with E-state index in [4.69, 9.17) is 16.3 Å². The van der Waals surface area contributed by atoms with Gasteiger partial charge in [-0.2, -0.15) is 0 Å². The van der Waals surface area contributed by atoms with Gasteiger partial charge in [-0.05, 0) is 39.3 Å². The van der Waals surface area contributed by atoms with Gasteiger partial charge in [0, 0.05) is 24.3 Å². The molecule has 1 fully saturated rings. The molecule has 0 bridgehead atoms. The Morgan fingerprint density at radius 2 is 1.97 bits per heavy atom. The summed E-state index contributed by atoms with van der Waals surface area (Å²) in [5.74, 6) is -1.51. The molecule has 0 radical (unpaired) electrons. The van der Waals surface area contributed by atoms with Gasteiger partial charge >= 0.3 is 12.1 Å². The van der Waals surface area contributed by atoms with Crippen LogP contribution in [0.4, 0.5) is 4.79 Å². The molecule has 3 aromatic heterocycles. The number of rotatable bonds is 4. The average Bonchev–Trinajstić information content (AvgIpc) is 3.43. The zero-order valence-corrected chi connectivity index (χ0v) is 19.7. The van der Waals surface area contributed by atoms with Gasteiger partial charge in [0.15, 0.2) is 5.69 Å². The third-order valence-corrected chi connectivity index (χ3v) is 6.11. The van der Waals surface area contributed by atoms with Crippen molar-refractivity contribution in [3.8, 4) is 0 Å². The number of aromatic nitrogens is 3. The van der Waals surface area contributed by atoms with Gasteiger partial charge < -0.3 is 24.5 Å². The molecule has 33 heavy (non-hydrogen) atoms. The Bertz CT molecular complexity index is 1230. The molecule has 1 aliphatic heterocycles. The topological polar surface area (TPSA) is 126 Å². The second kappa shape index (κ2) is 8.64. The molecule has 2 N–H and O–H groups in total. The van der Waals surface area contributed by atoms with Gasteiger partial charge in [0.05, 0.1) is 17.1 Å². The van der Waals surface area contributed by atoms with E-state index in [2.05, 4.69) is 15.3 Å². The number of nitrogens with zero attached hydrogens (tertiary/aromatic N) is 4. The number of ether oxygens (including phenoxy) is 1. The smallest absolute Gasteiger partial charge is 0.407 e. The molecule has 0 saturated carbocycles. The van der Waals surface area contributed by atoms with E-state index in [1.807, 2.05) is 0 Å². The normalized spacial score (nSPS) is 18.5. The highest BCUT2D eigenvalue weighted by atomic mass is 35.5. The molecule has 0 spiro atoms.